The largest absolute Gasteiger partial charge is 0.494 e. The van der Waals surface area contributed by atoms with Crippen molar-refractivity contribution in [3.63, 3.8) is 0 Å². The van der Waals surface area contributed by atoms with Crippen LogP contribution in [0.4, 0.5) is 0 Å². The van der Waals surface area contributed by atoms with E-state index in [0.717, 1.165) is 39.6 Å². The summed E-state index contributed by atoms with van der Waals surface area (Å²) in [7, 11) is 0. The Labute approximate surface area is 234 Å². The standard InChI is InChI=1S/C31H25N5O3S/c1-3-18-39-26-14-10-21(11-15-26)28-23(20-35(33-28)24-8-6-5-7-9-24)19-27-30(37)36-31(40-27)32-29(34-36)22-12-16-25(17-13-22)38-4-2/h3,5-17,19-20H,1,4,18H2,2H3/b27-19-. The van der Waals surface area contributed by atoms with Gasteiger partial charge >= 0.3 is 0 Å². The molecule has 6 rings (SSSR count). The summed E-state index contributed by atoms with van der Waals surface area (Å²) in [6.45, 7) is 6.66. The molecule has 6 aromatic rings. The molecule has 3 heterocycles. The van der Waals surface area contributed by atoms with E-state index in [0.29, 0.717) is 28.5 Å². The lowest BCUT2D eigenvalue weighted by atomic mass is 10.1. The molecule has 0 saturated carbocycles. The monoisotopic (exact) mass is 547 g/mol. The average molecular weight is 548 g/mol. The zero-order valence-corrected chi connectivity index (χ0v) is 22.5. The lowest BCUT2D eigenvalue weighted by Crippen LogP contribution is -2.23. The molecule has 8 nitrogen and oxygen atoms in total. The quantitative estimate of drug-likeness (QED) is 0.232. The van der Waals surface area contributed by atoms with E-state index >= 15 is 0 Å². The maximum Gasteiger partial charge on any atom is 0.291 e. The fourth-order valence-electron chi connectivity index (χ4n) is 4.26. The third kappa shape index (κ3) is 5.02. The first-order chi connectivity index (χ1) is 19.6. The van der Waals surface area contributed by atoms with Gasteiger partial charge in [0.2, 0.25) is 4.96 Å². The van der Waals surface area contributed by atoms with Crippen LogP contribution in [0, 0.1) is 0 Å². The van der Waals surface area contributed by atoms with Gasteiger partial charge < -0.3 is 9.47 Å². The Balaban J connectivity index is 1.40. The van der Waals surface area contributed by atoms with Crippen molar-refractivity contribution >= 4 is 22.4 Å². The molecule has 0 N–H and O–H groups in total. The average Bonchev–Trinajstić information content (AvgIpc) is 3.68. The number of nitrogens with zero attached hydrogens (tertiary/aromatic N) is 5. The van der Waals surface area contributed by atoms with Gasteiger partial charge in [0, 0.05) is 22.9 Å². The second-order valence-electron chi connectivity index (χ2n) is 8.84. The molecule has 0 unspecified atom stereocenters. The van der Waals surface area contributed by atoms with E-state index in [4.69, 9.17) is 14.6 Å². The Hall–Kier alpha value is -5.02. The zero-order chi connectivity index (χ0) is 27.5. The number of hydrogen-bond acceptors (Lipinski definition) is 7. The van der Waals surface area contributed by atoms with Crippen molar-refractivity contribution in [2.45, 2.75) is 6.92 Å². The molecule has 0 saturated heterocycles. The fraction of sp³-hybridized carbons (Fsp3) is 0.0968. The van der Waals surface area contributed by atoms with Gasteiger partial charge in [-0.25, -0.2) is 4.68 Å². The van der Waals surface area contributed by atoms with Crippen LogP contribution >= 0.6 is 11.3 Å². The number of aromatic nitrogens is 5. The van der Waals surface area contributed by atoms with Gasteiger partial charge in [-0.05, 0) is 73.7 Å². The van der Waals surface area contributed by atoms with Crippen molar-refractivity contribution in [2.24, 2.45) is 0 Å². The normalized spacial score (nSPS) is 11.7. The molecule has 40 heavy (non-hydrogen) atoms. The minimum Gasteiger partial charge on any atom is -0.494 e. The third-order valence-electron chi connectivity index (χ3n) is 6.15. The van der Waals surface area contributed by atoms with E-state index in [9.17, 15) is 4.79 Å². The summed E-state index contributed by atoms with van der Waals surface area (Å²) in [5.74, 6) is 2.01. The molecule has 0 aliphatic carbocycles. The lowest BCUT2D eigenvalue weighted by molar-refractivity contribution is 0.340. The van der Waals surface area contributed by atoms with Gasteiger partial charge in [-0.1, -0.05) is 42.2 Å². The number of para-hydroxylation sites is 1. The molecule has 9 heteroatoms. The maximum atomic E-state index is 13.4. The first kappa shape index (κ1) is 25.3. The number of thiazole rings is 1. The first-order valence-electron chi connectivity index (χ1n) is 12.8. The SMILES string of the molecule is C=CCOc1ccc(-c2nn(-c3ccccc3)cc2/C=c2\sc3nc(-c4ccc(OCC)cc4)nn3c2=O)cc1. The smallest absolute Gasteiger partial charge is 0.291 e. The summed E-state index contributed by atoms with van der Waals surface area (Å²) in [6.07, 6.45) is 5.48. The molecule has 0 aliphatic heterocycles. The Morgan fingerprint density at radius 3 is 2.27 bits per heavy atom. The van der Waals surface area contributed by atoms with Gasteiger partial charge in [-0.3, -0.25) is 4.79 Å². The number of rotatable bonds is 9. The molecule has 0 amide bonds. The van der Waals surface area contributed by atoms with Crippen LogP contribution in [0.3, 0.4) is 0 Å². The summed E-state index contributed by atoms with van der Waals surface area (Å²) in [5, 5.41) is 9.36. The van der Waals surface area contributed by atoms with Crippen molar-refractivity contribution in [1.29, 1.82) is 0 Å². The van der Waals surface area contributed by atoms with Crippen molar-refractivity contribution < 1.29 is 9.47 Å². The van der Waals surface area contributed by atoms with Gasteiger partial charge in [0.1, 0.15) is 23.8 Å². The molecule has 0 radical (unpaired) electrons. The minimum atomic E-state index is -0.226. The molecule has 0 aliphatic rings. The highest BCUT2D eigenvalue weighted by Crippen LogP contribution is 2.27. The molecule has 0 atom stereocenters. The lowest BCUT2D eigenvalue weighted by Gasteiger charge is -2.04. The van der Waals surface area contributed by atoms with E-state index in [1.807, 2.05) is 103 Å². The van der Waals surface area contributed by atoms with Crippen molar-refractivity contribution in [2.75, 3.05) is 13.2 Å². The van der Waals surface area contributed by atoms with Crippen LogP contribution in [0.15, 0.2) is 103 Å². The van der Waals surface area contributed by atoms with E-state index in [1.165, 1.54) is 15.9 Å². The predicted molar refractivity (Wildman–Crippen MR) is 157 cm³/mol. The van der Waals surface area contributed by atoms with Gasteiger partial charge in [0.25, 0.3) is 5.56 Å². The third-order valence-corrected chi connectivity index (χ3v) is 7.11. The molecular formula is C31H25N5O3S. The second-order valence-corrected chi connectivity index (χ2v) is 9.85. The summed E-state index contributed by atoms with van der Waals surface area (Å²) < 4.78 is 14.8. The first-order valence-corrected chi connectivity index (χ1v) is 13.6. The Bertz CT molecular complexity index is 1890. The van der Waals surface area contributed by atoms with Gasteiger partial charge in [-0.15, -0.1) is 5.10 Å². The molecule has 198 valence electrons. The molecule has 3 aromatic carbocycles. The van der Waals surface area contributed by atoms with Gasteiger partial charge in [0.05, 0.1) is 16.8 Å². The van der Waals surface area contributed by atoms with Crippen LogP contribution in [0.1, 0.15) is 12.5 Å². The van der Waals surface area contributed by atoms with Crippen molar-refractivity contribution in [3.05, 3.63) is 118 Å². The summed E-state index contributed by atoms with van der Waals surface area (Å²) in [4.78, 5) is 18.5. The summed E-state index contributed by atoms with van der Waals surface area (Å²) in [6, 6.07) is 25.1. The van der Waals surface area contributed by atoms with E-state index < -0.39 is 0 Å². The van der Waals surface area contributed by atoms with Crippen molar-refractivity contribution in [3.8, 4) is 39.8 Å². The van der Waals surface area contributed by atoms with Gasteiger partial charge in [0.15, 0.2) is 5.82 Å². The Morgan fingerprint density at radius 1 is 0.900 bits per heavy atom. The summed E-state index contributed by atoms with van der Waals surface area (Å²) >= 11 is 1.30. The maximum absolute atomic E-state index is 13.4. The van der Waals surface area contributed by atoms with Crippen LogP contribution in [0.25, 0.3) is 39.4 Å². The minimum absolute atomic E-state index is 0.226. The van der Waals surface area contributed by atoms with Crippen LogP contribution in [-0.4, -0.2) is 37.6 Å². The van der Waals surface area contributed by atoms with Crippen LogP contribution in [-0.2, 0) is 0 Å². The molecule has 0 bridgehead atoms. The number of ether oxygens (including phenoxy) is 2. The van der Waals surface area contributed by atoms with Crippen LogP contribution in [0.2, 0.25) is 0 Å². The zero-order valence-electron chi connectivity index (χ0n) is 21.7. The Morgan fingerprint density at radius 2 is 1.60 bits per heavy atom. The molecule has 0 fully saturated rings. The molecule has 0 spiro atoms. The number of benzene rings is 3. The van der Waals surface area contributed by atoms with Gasteiger partial charge in [-0.2, -0.15) is 14.6 Å². The molecule has 3 aromatic heterocycles. The van der Waals surface area contributed by atoms with E-state index in [1.54, 1.807) is 6.08 Å². The highest BCUT2D eigenvalue weighted by Gasteiger charge is 2.15. The van der Waals surface area contributed by atoms with Crippen molar-refractivity contribution in [1.82, 2.24) is 24.4 Å². The summed E-state index contributed by atoms with van der Waals surface area (Å²) in [5.41, 5.74) is 3.95. The van der Waals surface area contributed by atoms with Crippen LogP contribution < -0.4 is 19.6 Å². The topological polar surface area (TPSA) is 83.5 Å². The predicted octanol–water partition coefficient (Wildman–Crippen LogP) is 5.18. The van der Waals surface area contributed by atoms with E-state index in [-0.39, 0.29) is 5.56 Å². The highest BCUT2D eigenvalue weighted by molar-refractivity contribution is 7.15. The van der Waals surface area contributed by atoms with E-state index in [2.05, 4.69) is 16.7 Å². The number of hydrogen-bond donors (Lipinski definition) is 0. The molecular weight excluding hydrogens is 522 g/mol. The van der Waals surface area contributed by atoms with Crippen LogP contribution in [0.5, 0.6) is 11.5 Å². The Kier molecular flexibility index (Phi) is 6.95. The highest BCUT2D eigenvalue weighted by atomic mass is 32.1. The fourth-order valence-corrected chi connectivity index (χ4v) is 5.16. The second kappa shape index (κ2) is 11.0. The number of fused-ring (bicyclic) bond motifs is 1.